The van der Waals surface area contributed by atoms with Crippen LogP contribution in [0, 0.1) is 0 Å². The van der Waals surface area contributed by atoms with E-state index in [1.54, 1.807) is 0 Å². The fourth-order valence-electron chi connectivity index (χ4n) is 3.42. The summed E-state index contributed by atoms with van der Waals surface area (Å²) in [6, 6.07) is 13.0. The molecule has 0 unspecified atom stereocenters. The van der Waals surface area contributed by atoms with Gasteiger partial charge < -0.3 is 5.32 Å². The van der Waals surface area contributed by atoms with Gasteiger partial charge in [-0.15, -0.1) is 0 Å². The first kappa shape index (κ1) is 12.3. The molecule has 1 N–H and O–H groups in total. The third-order valence-corrected chi connectivity index (χ3v) is 4.99. The highest BCUT2D eigenvalue weighted by Crippen LogP contribution is 2.50. The van der Waals surface area contributed by atoms with Crippen molar-refractivity contribution in [2.75, 3.05) is 5.32 Å². The van der Waals surface area contributed by atoms with Gasteiger partial charge in [0.05, 0.1) is 0 Å². The van der Waals surface area contributed by atoms with Crippen LogP contribution in [0.25, 0.3) is 0 Å². The van der Waals surface area contributed by atoms with Crippen LogP contribution in [0.5, 0.6) is 0 Å². The van der Waals surface area contributed by atoms with E-state index < -0.39 is 0 Å². The fraction of sp³-hybridized carbons (Fsp3) is 0.333. The average molecular weight is 284 g/mol. The molecule has 0 spiro atoms. The second-order valence-corrected chi connectivity index (χ2v) is 6.90. The van der Waals surface area contributed by atoms with E-state index in [0.717, 1.165) is 16.6 Å². The molecule has 4 rings (SSSR count). The highest BCUT2D eigenvalue weighted by atomic mass is 35.5. The molecular weight excluding hydrogens is 266 g/mol. The van der Waals surface area contributed by atoms with Crippen LogP contribution in [0.1, 0.15) is 49.3 Å². The molecule has 20 heavy (non-hydrogen) atoms. The largest absolute Gasteiger partial charge is 0.355 e. The normalized spacial score (nSPS) is 18.9. The van der Waals surface area contributed by atoms with E-state index in [1.807, 2.05) is 12.1 Å². The van der Waals surface area contributed by atoms with Crippen molar-refractivity contribution in [3.05, 3.63) is 58.1 Å². The van der Waals surface area contributed by atoms with Crippen LogP contribution < -0.4 is 5.32 Å². The van der Waals surface area contributed by atoms with Crippen molar-refractivity contribution in [1.29, 1.82) is 0 Å². The molecule has 1 heterocycles. The summed E-state index contributed by atoms with van der Waals surface area (Å²) in [5, 5.41) is 4.42. The number of hydrogen-bond donors (Lipinski definition) is 1. The summed E-state index contributed by atoms with van der Waals surface area (Å²) in [4.78, 5) is 0. The van der Waals surface area contributed by atoms with E-state index in [9.17, 15) is 0 Å². The first-order chi connectivity index (χ1) is 9.57. The van der Waals surface area contributed by atoms with Gasteiger partial charge in [-0.1, -0.05) is 43.6 Å². The third-order valence-electron chi connectivity index (χ3n) is 4.67. The Kier molecular flexibility index (Phi) is 2.47. The lowest BCUT2D eigenvalue weighted by Crippen LogP contribution is -2.26. The topological polar surface area (TPSA) is 12.0 Å². The fourth-order valence-corrected chi connectivity index (χ4v) is 3.83. The predicted molar refractivity (Wildman–Crippen MR) is 85.3 cm³/mol. The summed E-state index contributed by atoms with van der Waals surface area (Å²) in [6.07, 6.45) is 2.68. The molecular formula is C18H18ClN. The van der Waals surface area contributed by atoms with Gasteiger partial charge in [0.15, 0.2) is 0 Å². The number of fused-ring (bicyclic) bond motifs is 2. The van der Waals surface area contributed by atoms with Crippen molar-refractivity contribution in [2.24, 2.45) is 0 Å². The van der Waals surface area contributed by atoms with E-state index >= 15 is 0 Å². The molecule has 0 radical (unpaired) electrons. The van der Waals surface area contributed by atoms with Gasteiger partial charge in [-0.25, -0.2) is 0 Å². The van der Waals surface area contributed by atoms with Gasteiger partial charge in [0.25, 0.3) is 0 Å². The predicted octanol–water partition coefficient (Wildman–Crippen LogP) is 5.60. The van der Waals surface area contributed by atoms with Crippen molar-refractivity contribution in [3.63, 3.8) is 0 Å². The Bertz CT molecular complexity index is 699. The lowest BCUT2D eigenvalue weighted by molar-refractivity contribution is 0.638. The average Bonchev–Trinajstić information content (AvgIpc) is 3.21. The Morgan fingerprint density at radius 3 is 2.65 bits per heavy atom. The molecule has 0 amide bonds. The summed E-state index contributed by atoms with van der Waals surface area (Å²) in [7, 11) is 0. The quantitative estimate of drug-likeness (QED) is 0.718. The summed E-state index contributed by atoms with van der Waals surface area (Å²) in [5.74, 6) is 0.783. The molecule has 1 saturated carbocycles. The van der Waals surface area contributed by atoms with Crippen LogP contribution in [0.4, 0.5) is 11.4 Å². The summed E-state index contributed by atoms with van der Waals surface area (Å²) in [6.45, 7) is 4.52. The third kappa shape index (κ3) is 1.69. The van der Waals surface area contributed by atoms with Crippen molar-refractivity contribution in [3.8, 4) is 0 Å². The Labute approximate surface area is 125 Å². The number of benzene rings is 2. The monoisotopic (exact) mass is 283 g/mol. The standard InChI is InChI=1S/C18H18ClN/c1-18(2)13-9-8-12(11-6-7-11)10-16(13)20-15-5-3-4-14(19)17(15)18/h3-5,8-11,20H,6-7H2,1-2H3. The van der Waals surface area contributed by atoms with Gasteiger partial charge >= 0.3 is 0 Å². The zero-order chi connectivity index (χ0) is 13.9. The smallest absolute Gasteiger partial charge is 0.0467 e. The van der Waals surface area contributed by atoms with E-state index in [1.165, 1.54) is 35.2 Å². The van der Waals surface area contributed by atoms with Crippen molar-refractivity contribution in [1.82, 2.24) is 0 Å². The summed E-state index contributed by atoms with van der Waals surface area (Å²) >= 11 is 6.44. The lowest BCUT2D eigenvalue weighted by atomic mass is 9.74. The number of anilines is 2. The molecule has 0 atom stereocenters. The number of nitrogens with one attached hydrogen (secondary N) is 1. The molecule has 0 aromatic heterocycles. The Hall–Kier alpha value is -1.47. The van der Waals surface area contributed by atoms with Crippen LogP contribution in [-0.2, 0) is 5.41 Å². The summed E-state index contributed by atoms with van der Waals surface area (Å²) < 4.78 is 0. The highest BCUT2D eigenvalue weighted by molar-refractivity contribution is 6.32. The van der Waals surface area contributed by atoms with Crippen molar-refractivity contribution >= 4 is 23.0 Å². The maximum absolute atomic E-state index is 6.44. The first-order valence-electron chi connectivity index (χ1n) is 7.28. The Morgan fingerprint density at radius 1 is 1.10 bits per heavy atom. The van der Waals surface area contributed by atoms with Crippen LogP contribution in [0.15, 0.2) is 36.4 Å². The van der Waals surface area contributed by atoms with Crippen LogP contribution in [0.2, 0.25) is 5.02 Å². The van der Waals surface area contributed by atoms with Crippen LogP contribution in [-0.4, -0.2) is 0 Å². The number of rotatable bonds is 1. The van der Waals surface area contributed by atoms with E-state index in [-0.39, 0.29) is 5.41 Å². The SMILES string of the molecule is CC1(C)c2ccc(C3CC3)cc2Nc2cccc(Cl)c21. The van der Waals surface area contributed by atoms with Gasteiger partial charge in [-0.2, -0.15) is 0 Å². The molecule has 2 heteroatoms. The van der Waals surface area contributed by atoms with Crippen LogP contribution >= 0.6 is 11.6 Å². The summed E-state index contributed by atoms with van der Waals surface area (Å²) in [5.41, 5.74) is 6.33. The minimum absolute atomic E-state index is 0.0592. The van der Waals surface area contributed by atoms with Crippen molar-refractivity contribution < 1.29 is 0 Å². The van der Waals surface area contributed by atoms with Gasteiger partial charge in [0.1, 0.15) is 0 Å². The van der Waals surface area contributed by atoms with Crippen molar-refractivity contribution in [2.45, 2.75) is 38.0 Å². The lowest BCUT2D eigenvalue weighted by Gasteiger charge is -2.36. The Morgan fingerprint density at radius 2 is 1.90 bits per heavy atom. The van der Waals surface area contributed by atoms with Gasteiger partial charge in [0, 0.05) is 27.4 Å². The molecule has 1 aliphatic carbocycles. The molecule has 2 aliphatic rings. The molecule has 0 saturated heterocycles. The second-order valence-electron chi connectivity index (χ2n) is 6.49. The maximum Gasteiger partial charge on any atom is 0.0467 e. The number of halogens is 1. The van der Waals surface area contributed by atoms with E-state index in [4.69, 9.17) is 11.6 Å². The van der Waals surface area contributed by atoms with Crippen LogP contribution in [0.3, 0.4) is 0 Å². The molecule has 0 bridgehead atoms. The first-order valence-corrected chi connectivity index (χ1v) is 7.65. The molecule has 1 fully saturated rings. The molecule has 1 aliphatic heterocycles. The van der Waals surface area contributed by atoms with E-state index in [2.05, 4.69) is 43.4 Å². The zero-order valence-electron chi connectivity index (χ0n) is 11.8. The molecule has 2 aromatic carbocycles. The maximum atomic E-state index is 6.44. The number of hydrogen-bond acceptors (Lipinski definition) is 1. The second kappa shape index (κ2) is 4.02. The highest BCUT2D eigenvalue weighted by Gasteiger charge is 2.35. The zero-order valence-corrected chi connectivity index (χ0v) is 12.6. The van der Waals surface area contributed by atoms with Gasteiger partial charge in [0.2, 0.25) is 0 Å². The minimum Gasteiger partial charge on any atom is -0.355 e. The van der Waals surface area contributed by atoms with Gasteiger partial charge in [-0.3, -0.25) is 0 Å². The van der Waals surface area contributed by atoms with Gasteiger partial charge in [-0.05, 0) is 48.1 Å². The molecule has 102 valence electrons. The minimum atomic E-state index is -0.0592. The molecule has 1 nitrogen and oxygen atoms in total. The Balaban J connectivity index is 1.91. The van der Waals surface area contributed by atoms with E-state index in [0.29, 0.717) is 0 Å². The molecule has 2 aromatic rings.